The Labute approximate surface area is 153 Å². The second-order valence-electron chi connectivity index (χ2n) is 7.34. The van der Waals surface area contributed by atoms with Gasteiger partial charge in [0, 0.05) is 20.8 Å². The molecule has 0 rings (SSSR count). The Morgan fingerprint density at radius 2 is 1.84 bits per heavy atom. The van der Waals surface area contributed by atoms with Crippen LogP contribution in [0, 0.1) is 11.3 Å². The van der Waals surface area contributed by atoms with Gasteiger partial charge in [0.15, 0.2) is 0 Å². The lowest BCUT2D eigenvalue weighted by Crippen LogP contribution is -2.48. The monoisotopic (exact) mass is 361 g/mol. The zero-order valence-electron chi connectivity index (χ0n) is 17.0. The van der Waals surface area contributed by atoms with Gasteiger partial charge in [0.05, 0.1) is 43.4 Å². The van der Waals surface area contributed by atoms with Crippen molar-refractivity contribution in [3.05, 3.63) is 0 Å². The first kappa shape index (κ1) is 24.3. The van der Waals surface area contributed by atoms with E-state index in [1.54, 1.807) is 14.2 Å². The fraction of sp³-hybridized carbons (Fsp3) is 0.947. The maximum Gasteiger partial charge on any atom is 0.225 e. The van der Waals surface area contributed by atoms with Crippen molar-refractivity contribution in [3.63, 3.8) is 0 Å². The van der Waals surface area contributed by atoms with Crippen molar-refractivity contribution >= 4 is 5.91 Å². The van der Waals surface area contributed by atoms with Crippen molar-refractivity contribution in [2.45, 2.75) is 59.0 Å². The molecular formula is C19H39NO5. The highest BCUT2D eigenvalue weighted by molar-refractivity contribution is 5.79. The summed E-state index contributed by atoms with van der Waals surface area (Å²) in [6.07, 6.45) is 3.69. The van der Waals surface area contributed by atoms with Crippen LogP contribution in [-0.4, -0.2) is 63.8 Å². The van der Waals surface area contributed by atoms with Gasteiger partial charge < -0.3 is 24.6 Å². The zero-order valence-corrected chi connectivity index (χ0v) is 17.0. The van der Waals surface area contributed by atoms with E-state index in [2.05, 4.69) is 19.2 Å². The highest BCUT2D eigenvalue weighted by atomic mass is 16.5. The number of rotatable bonds is 15. The Balaban J connectivity index is 4.99. The van der Waals surface area contributed by atoms with Gasteiger partial charge in [0.25, 0.3) is 0 Å². The summed E-state index contributed by atoms with van der Waals surface area (Å²) in [6, 6.07) is 0. The van der Waals surface area contributed by atoms with Crippen LogP contribution < -0.4 is 5.32 Å². The van der Waals surface area contributed by atoms with E-state index in [9.17, 15) is 9.90 Å². The van der Waals surface area contributed by atoms with Crippen LogP contribution in [0.2, 0.25) is 0 Å². The van der Waals surface area contributed by atoms with Crippen LogP contribution in [0.5, 0.6) is 0 Å². The quantitative estimate of drug-likeness (QED) is 0.438. The number of methoxy groups -OCH3 is 1. The summed E-state index contributed by atoms with van der Waals surface area (Å²) in [5.41, 5.74) is -1.27. The Morgan fingerprint density at radius 3 is 2.32 bits per heavy atom. The molecule has 0 aliphatic carbocycles. The SMILES string of the molecule is CCCCOCC(CO)(COC)COC(C)(C)C(CCC)C(=O)NC. The topological polar surface area (TPSA) is 77.0 Å². The fourth-order valence-corrected chi connectivity index (χ4v) is 2.80. The molecule has 0 spiro atoms. The summed E-state index contributed by atoms with van der Waals surface area (Å²) in [7, 11) is 3.25. The molecule has 0 aliphatic rings. The van der Waals surface area contributed by atoms with Crippen LogP contribution in [0.15, 0.2) is 0 Å². The minimum Gasteiger partial charge on any atom is -0.396 e. The number of unbranched alkanes of at least 4 members (excludes halogenated alkanes) is 1. The molecule has 6 nitrogen and oxygen atoms in total. The molecule has 25 heavy (non-hydrogen) atoms. The Kier molecular flexibility index (Phi) is 12.3. The molecule has 6 heteroatoms. The van der Waals surface area contributed by atoms with E-state index >= 15 is 0 Å². The summed E-state index contributed by atoms with van der Waals surface area (Å²) in [5.74, 6) is -0.269. The van der Waals surface area contributed by atoms with Crippen LogP contribution >= 0.6 is 0 Å². The van der Waals surface area contributed by atoms with Gasteiger partial charge in [-0.1, -0.05) is 26.7 Å². The number of aliphatic hydroxyl groups is 1. The van der Waals surface area contributed by atoms with E-state index < -0.39 is 11.0 Å². The van der Waals surface area contributed by atoms with E-state index in [4.69, 9.17) is 14.2 Å². The van der Waals surface area contributed by atoms with Gasteiger partial charge in [-0.15, -0.1) is 0 Å². The number of hydrogen-bond donors (Lipinski definition) is 2. The van der Waals surface area contributed by atoms with Gasteiger partial charge >= 0.3 is 0 Å². The Hall–Kier alpha value is -0.690. The summed E-state index contributed by atoms with van der Waals surface area (Å²) >= 11 is 0. The van der Waals surface area contributed by atoms with E-state index in [-0.39, 0.29) is 25.0 Å². The third-order valence-electron chi connectivity index (χ3n) is 4.57. The number of carbonyl (C=O) groups is 1. The van der Waals surface area contributed by atoms with Gasteiger partial charge in [-0.25, -0.2) is 0 Å². The smallest absolute Gasteiger partial charge is 0.225 e. The first-order valence-corrected chi connectivity index (χ1v) is 9.35. The third kappa shape index (κ3) is 8.49. The lowest BCUT2D eigenvalue weighted by molar-refractivity contribution is -0.155. The molecule has 0 aromatic carbocycles. The largest absolute Gasteiger partial charge is 0.396 e. The maximum atomic E-state index is 12.2. The number of hydrogen-bond acceptors (Lipinski definition) is 5. The third-order valence-corrected chi connectivity index (χ3v) is 4.57. The Morgan fingerprint density at radius 1 is 1.16 bits per heavy atom. The van der Waals surface area contributed by atoms with Gasteiger partial charge in [0.2, 0.25) is 5.91 Å². The molecule has 0 heterocycles. The molecule has 0 saturated heterocycles. The minimum atomic E-state index is -0.645. The number of amides is 1. The summed E-state index contributed by atoms with van der Waals surface area (Å²) in [6.45, 7) is 9.55. The normalized spacial score (nSPS) is 15.6. The molecule has 2 atom stereocenters. The summed E-state index contributed by atoms with van der Waals surface area (Å²) in [4.78, 5) is 12.2. The average Bonchev–Trinajstić information content (AvgIpc) is 2.60. The number of aliphatic hydroxyl groups excluding tert-OH is 1. The first-order chi connectivity index (χ1) is 11.8. The maximum absolute atomic E-state index is 12.2. The van der Waals surface area contributed by atoms with Crippen LogP contribution in [0.3, 0.4) is 0 Å². The lowest BCUT2D eigenvalue weighted by atomic mass is 9.85. The molecule has 0 aromatic heterocycles. The highest BCUT2D eigenvalue weighted by Crippen LogP contribution is 2.29. The van der Waals surface area contributed by atoms with Crippen molar-refractivity contribution < 1.29 is 24.1 Å². The second kappa shape index (κ2) is 12.6. The minimum absolute atomic E-state index is 0.0209. The second-order valence-corrected chi connectivity index (χ2v) is 7.34. The summed E-state index contributed by atoms with van der Waals surface area (Å²) < 4.78 is 17.2. The highest BCUT2D eigenvalue weighted by Gasteiger charge is 2.39. The van der Waals surface area contributed by atoms with E-state index in [1.807, 2.05) is 13.8 Å². The van der Waals surface area contributed by atoms with E-state index in [0.29, 0.717) is 19.8 Å². The standard InChI is InChI=1S/C19H39NO5/c1-7-9-11-24-14-19(12-21,13-23-6)15-25-18(3,4)16(10-8-2)17(22)20-5/h16,21H,7-15H2,1-6H3,(H,20,22). The molecule has 0 saturated carbocycles. The number of nitrogens with one attached hydrogen (secondary N) is 1. The first-order valence-electron chi connectivity index (χ1n) is 9.35. The van der Waals surface area contributed by atoms with E-state index in [0.717, 1.165) is 25.7 Å². The Bertz CT molecular complexity index is 362. The lowest BCUT2D eigenvalue weighted by Gasteiger charge is -2.38. The average molecular weight is 362 g/mol. The van der Waals surface area contributed by atoms with Crippen molar-refractivity contribution in [2.24, 2.45) is 11.3 Å². The van der Waals surface area contributed by atoms with Crippen LogP contribution in [0.1, 0.15) is 53.4 Å². The molecule has 0 aliphatic heterocycles. The molecule has 0 fully saturated rings. The molecule has 0 aromatic rings. The molecule has 150 valence electrons. The number of carbonyl (C=O) groups excluding carboxylic acids is 1. The van der Waals surface area contributed by atoms with Crippen molar-refractivity contribution in [1.29, 1.82) is 0 Å². The van der Waals surface area contributed by atoms with Crippen LogP contribution in [0.4, 0.5) is 0 Å². The van der Waals surface area contributed by atoms with E-state index in [1.165, 1.54) is 0 Å². The van der Waals surface area contributed by atoms with Gasteiger partial charge in [-0.3, -0.25) is 4.79 Å². The molecule has 0 bridgehead atoms. The predicted octanol–water partition coefficient (Wildman–Crippen LogP) is 2.39. The predicted molar refractivity (Wildman–Crippen MR) is 99.6 cm³/mol. The van der Waals surface area contributed by atoms with Crippen molar-refractivity contribution in [3.8, 4) is 0 Å². The van der Waals surface area contributed by atoms with Crippen LogP contribution in [0.25, 0.3) is 0 Å². The molecular weight excluding hydrogens is 322 g/mol. The van der Waals surface area contributed by atoms with Crippen molar-refractivity contribution in [1.82, 2.24) is 5.32 Å². The fourth-order valence-electron chi connectivity index (χ4n) is 2.80. The summed E-state index contributed by atoms with van der Waals surface area (Å²) in [5, 5.41) is 12.7. The van der Waals surface area contributed by atoms with Crippen molar-refractivity contribution in [2.75, 3.05) is 47.2 Å². The zero-order chi connectivity index (χ0) is 19.3. The molecule has 2 N–H and O–H groups in total. The molecule has 1 amide bonds. The number of ether oxygens (including phenoxy) is 3. The molecule has 2 unspecified atom stereocenters. The van der Waals surface area contributed by atoms with Crippen LogP contribution in [-0.2, 0) is 19.0 Å². The van der Waals surface area contributed by atoms with Gasteiger partial charge in [-0.05, 0) is 26.7 Å². The molecule has 0 radical (unpaired) electrons. The van der Waals surface area contributed by atoms with Gasteiger partial charge in [-0.2, -0.15) is 0 Å². The van der Waals surface area contributed by atoms with Gasteiger partial charge in [0.1, 0.15) is 0 Å².